The van der Waals surface area contributed by atoms with E-state index in [4.69, 9.17) is 9.26 Å². The minimum absolute atomic E-state index is 0.0377. The summed E-state index contributed by atoms with van der Waals surface area (Å²) in [4.78, 5) is 16.7. The predicted octanol–water partition coefficient (Wildman–Crippen LogP) is 3.38. The number of fused-ring (bicyclic) bond motifs is 1. The number of carbonyl (C=O) groups is 1. The molecule has 2 heterocycles. The molecule has 0 fully saturated rings. The van der Waals surface area contributed by atoms with Crippen molar-refractivity contribution >= 4 is 21.7 Å². The molecule has 0 N–H and O–H groups in total. The van der Waals surface area contributed by atoms with Crippen molar-refractivity contribution < 1.29 is 22.5 Å². The number of sulfonamides is 1. The first-order valence-corrected chi connectivity index (χ1v) is 11.5. The Morgan fingerprint density at radius 1 is 1.19 bits per heavy atom. The molecule has 0 spiro atoms. The molecule has 0 unspecified atom stereocenters. The Balaban J connectivity index is 1.48. The minimum atomic E-state index is -3.80. The molecule has 3 aromatic rings. The van der Waals surface area contributed by atoms with E-state index in [1.165, 1.54) is 28.6 Å². The fourth-order valence-electron chi connectivity index (χ4n) is 3.48. The van der Waals surface area contributed by atoms with Gasteiger partial charge in [0.2, 0.25) is 0 Å². The molecule has 8 nitrogen and oxygen atoms in total. The number of para-hydroxylation sites is 1. The maximum atomic E-state index is 13.2. The second kappa shape index (κ2) is 8.50. The molecule has 0 aliphatic carbocycles. The van der Waals surface area contributed by atoms with Crippen LogP contribution >= 0.6 is 0 Å². The van der Waals surface area contributed by atoms with Crippen molar-refractivity contribution in [3.05, 3.63) is 71.4 Å². The SMILES string of the molecule is CC(C)Cc1noc(COC(=O)c2cccc(S(=O)(=O)N3CCc4ccccc43)c2)n1. The highest BCUT2D eigenvalue weighted by molar-refractivity contribution is 7.92. The maximum absolute atomic E-state index is 13.2. The fourth-order valence-corrected chi connectivity index (χ4v) is 5.03. The summed E-state index contributed by atoms with van der Waals surface area (Å²) in [6, 6.07) is 13.3. The second-order valence-corrected chi connectivity index (χ2v) is 9.62. The number of carbonyl (C=O) groups excluding carboxylic acids is 1. The summed E-state index contributed by atoms with van der Waals surface area (Å²) in [5.74, 6) is 0.462. The molecule has 2 aromatic carbocycles. The van der Waals surface area contributed by atoms with Crippen molar-refractivity contribution in [3.63, 3.8) is 0 Å². The first-order valence-electron chi connectivity index (χ1n) is 10.0. The summed E-state index contributed by atoms with van der Waals surface area (Å²) in [6.07, 6.45) is 1.32. The van der Waals surface area contributed by atoms with E-state index in [9.17, 15) is 13.2 Å². The van der Waals surface area contributed by atoms with Crippen LogP contribution in [-0.2, 0) is 34.2 Å². The molecule has 0 radical (unpaired) electrons. The van der Waals surface area contributed by atoms with Gasteiger partial charge < -0.3 is 9.26 Å². The van der Waals surface area contributed by atoms with Gasteiger partial charge in [-0.25, -0.2) is 13.2 Å². The summed E-state index contributed by atoms with van der Waals surface area (Å²) in [5.41, 5.74) is 1.79. The van der Waals surface area contributed by atoms with Gasteiger partial charge in [-0.15, -0.1) is 0 Å². The lowest BCUT2D eigenvalue weighted by atomic mass is 10.1. The lowest BCUT2D eigenvalue weighted by Crippen LogP contribution is -2.29. The topological polar surface area (TPSA) is 103 Å². The van der Waals surface area contributed by atoms with E-state index in [-0.39, 0.29) is 23.0 Å². The largest absolute Gasteiger partial charge is 0.452 e. The number of hydrogen-bond acceptors (Lipinski definition) is 7. The zero-order chi connectivity index (χ0) is 22.0. The Bertz CT molecular complexity index is 1200. The normalized spacial score (nSPS) is 13.5. The van der Waals surface area contributed by atoms with Gasteiger partial charge in [-0.3, -0.25) is 4.31 Å². The number of aromatic nitrogens is 2. The third-order valence-electron chi connectivity index (χ3n) is 4.93. The zero-order valence-electron chi connectivity index (χ0n) is 17.3. The fraction of sp³-hybridized carbons (Fsp3) is 0.318. The van der Waals surface area contributed by atoms with Crippen LogP contribution in [-0.4, -0.2) is 31.1 Å². The van der Waals surface area contributed by atoms with E-state index in [1.807, 2.05) is 32.0 Å². The van der Waals surface area contributed by atoms with Crippen molar-refractivity contribution in [1.29, 1.82) is 0 Å². The molecule has 0 atom stereocenters. The highest BCUT2D eigenvalue weighted by Crippen LogP contribution is 2.32. The van der Waals surface area contributed by atoms with Crippen LogP contribution in [0.4, 0.5) is 5.69 Å². The van der Waals surface area contributed by atoms with Crippen LogP contribution in [0.3, 0.4) is 0 Å². The quantitative estimate of drug-likeness (QED) is 0.518. The van der Waals surface area contributed by atoms with Gasteiger partial charge in [0.1, 0.15) is 0 Å². The van der Waals surface area contributed by atoms with E-state index in [0.717, 1.165) is 5.56 Å². The summed E-state index contributed by atoms with van der Waals surface area (Å²) >= 11 is 0. The van der Waals surface area contributed by atoms with E-state index in [0.29, 0.717) is 36.8 Å². The summed E-state index contributed by atoms with van der Waals surface area (Å²) in [7, 11) is -3.80. The Labute approximate surface area is 180 Å². The minimum Gasteiger partial charge on any atom is -0.452 e. The Morgan fingerprint density at radius 3 is 2.81 bits per heavy atom. The van der Waals surface area contributed by atoms with Crippen LogP contribution in [0.25, 0.3) is 0 Å². The van der Waals surface area contributed by atoms with Crippen molar-refractivity contribution in [1.82, 2.24) is 10.1 Å². The highest BCUT2D eigenvalue weighted by atomic mass is 32.2. The summed E-state index contributed by atoms with van der Waals surface area (Å²) in [6.45, 7) is 4.27. The molecule has 0 saturated heterocycles. The Hall–Kier alpha value is -3.20. The molecule has 162 valence electrons. The van der Waals surface area contributed by atoms with Gasteiger partial charge >= 0.3 is 5.97 Å². The van der Waals surface area contributed by atoms with Gasteiger partial charge in [-0.05, 0) is 42.2 Å². The number of ether oxygens (including phenoxy) is 1. The van der Waals surface area contributed by atoms with Gasteiger partial charge in [0, 0.05) is 13.0 Å². The number of rotatable bonds is 7. The lowest BCUT2D eigenvalue weighted by molar-refractivity contribution is 0.0429. The molecule has 9 heteroatoms. The molecule has 0 amide bonds. The van der Waals surface area contributed by atoms with Crippen LogP contribution in [0.2, 0.25) is 0 Å². The molecule has 1 aliphatic heterocycles. The molecular weight excluding hydrogens is 418 g/mol. The number of nitrogens with zero attached hydrogens (tertiary/aromatic N) is 3. The second-order valence-electron chi connectivity index (χ2n) is 7.76. The zero-order valence-corrected chi connectivity index (χ0v) is 18.1. The highest BCUT2D eigenvalue weighted by Gasteiger charge is 2.31. The van der Waals surface area contributed by atoms with E-state index in [2.05, 4.69) is 10.1 Å². The Kier molecular flexibility index (Phi) is 5.77. The van der Waals surface area contributed by atoms with Crippen LogP contribution in [0.5, 0.6) is 0 Å². The van der Waals surface area contributed by atoms with Crippen LogP contribution in [0.15, 0.2) is 57.9 Å². The van der Waals surface area contributed by atoms with Gasteiger partial charge in [0.15, 0.2) is 12.4 Å². The molecule has 4 rings (SSSR count). The first kappa shape index (κ1) is 21.0. The molecule has 1 aliphatic rings. The summed E-state index contributed by atoms with van der Waals surface area (Å²) in [5, 5.41) is 3.85. The number of benzene rings is 2. The number of anilines is 1. The third-order valence-corrected chi connectivity index (χ3v) is 6.74. The van der Waals surface area contributed by atoms with Gasteiger partial charge in [0.25, 0.3) is 15.9 Å². The number of esters is 1. The Morgan fingerprint density at radius 2 is 2.00 bits per heavy atom. The molecular formula is C22H23N3O5S. The predicted molar refractivity (Wildman–Crippen MR) is 113 cm³/mol. The smallest absolute Gasteiger partial charge is 0.338 e. The van der Waals surface area contributed by atoms with E-state index in [1.54, 1.807) is 6.07 Å². The first-order chi connectivity index (χ1) is 14.8. The monoisotopic (exact) mass is 441 g/mol. The number of hydrogen-bond donors (Lipinski definition) is 0. The lowest BCUT2D eigenvalue weighted by Gasteiger charge is -2.19. The summed E-state index contributed by atoms with van der Waals surface area (Å²) < 4.78 is 38.1. The molecule has 0 bridgehead atoms. The third kappa shape index (κ3) is 4.46. The molecule has 31 heavy (non-hydrogen) atoms. The standard InChI is InChI=1S/C22H23N3O5S/c1-15(2)12-20-23-21(30-24-20)14-29-22(26)17-7-5-8-18(13-17)31(27,28)25-11-10-16-6-3-4-9-19(16)25/h3-9,13,15H,10-12,14H2,1-2H3. The van der Waals surface area contributed by atoms with Crippen molar-refractivity contribution in [2.24, 2.45) is 5.92 Å². The van der Waals surface area contributed by atoms with Crippen LogP contribution < -0.4 is 4.31 Å². The van der Waals surface area contributed by atoms with Gasteiger partial charge in [-0.1, -0.05) is 43.3 Å². The molecule has 1 aromatic heterocycles. The average molecular weight is 442 g/mol. The average Bonchev–Trinajstić information content (AvgIpc) is 3.38. The van der Waals surface area contributed by atoms with Crippen molar-refractivity contribution in [2.75, 3.05) is 10.8 Å². The maximum Gasteiger partial charge on any atom is 0.338 e. The van der Waals surface area contributed by atoms with Crippen LogP contribution in [0, 0.1) is 5.92 Å². The van der Waals surface area contributed by atoms with Crippen molar-refractivity contribution in [3.8, 4) is 0 Å². The molecule has 0 saturated carbocycles. The van der Waals surface area contributed by atoms with E-state index < -0.39 is 16.0 Å². The van der Waals surface area contributed by atoms with Gasteiger partial charge in [0.05, 0.1) is 16.1 Å². The van der Waals surface area contributed by atoms with E-state index >= 15 is 0 Å². The van der Waals surface area contributed by atoms with Crippen molar-refractivity contribution in [2.45, 2.75) is 38.2 Å². The van der Waals surface area contributed by atoms with Gasteiger partial charge in [-0.2, -0.15) is 4.98 Å². The van der Waals surface area contributed by atoms with Crippen LogP contribution in [0.1, 0.15) is 41.5 Å².